The fourth-order valence-electron chi connectivity index (χ4n) is 3.11. The van der Waals surface area contributed by atoms with E-state index in [-0.39, 0.29) is 23.2 Å². The molecule has 96 valence electrons. The van der Waals surface area contributed by atoms with Crippen LogP contribution >= 0.6 is 0 Å². The van der Waals surface area contributed by atoms with Crippen molar-refractivity contribution in [2.45, 2.75) is 46.3 Å². The number of ketones is 2. The first-order valence-corrected chi connectivity index (χ1v) is 6.08. The Morgan fingerprint density at radius 2 is 2.00 bits per heavy atom. The number of nitriles is 1. The molecule has 1 aliphatic carbocycles. The van der Waals surface area contributed by atoms with Crippen LogP contribution in [0.4, 0.5) is 0 Å². The van der Waals surface area contributed by atoms with Crippen LogP contribution in [0.25, 0.3) is 0 Å². The van der Waals surface area contributed by atoms with Crippen LogP contribution in [0.5, 0.6) is 0 Å². The zero-order valence-corrected chi connectivity index (χ0v) is 11.1. The summed E-state index contributed by atoms with van der Waals surface area (Å²) in [5, 5.41) is 9.05. The van der Waals surface area contributed by atoms with Crippen molar-refractivity contribution in [2.24, 2.45) is 10.8 Å². The third-order valence-corrected chi connectivity index (χ3v) is 4.03. The summed E-state index contributed by atoms with van der Waals surface area (Å²) in [6.45, 7) is 7.16. The Bertz CT molecular complexity index is 498. The molecule has 1 aliphatic heterocycles. The summed E-state index contributed by atoms with van der Waals surface area (Å²) < 4.78 is 5.76. The van der Waals surface area contributed by atoms with Gasteiger partial charge in [-0.05, 0) is 20.8 Å². The maximum Gasteiger partial charge on any atom is 0.181 e. The van der Waals surface area contributed by atoms with Crippen LogP contribution in [0.15, 0.2) is 11.6 Å². The molecular weight excluding hydrogens is 230 g/mol. The molecule has 3 atom stereocenters. The van der Waals surface area contributed by atoms with Crippen LogP contribution in [0.2, 0.25) is 0 Å². The quantitative estimate of drug-likeness (QED) is 0.654. The molecule has 2 aliphatic rings. The van der Waals surface area contributed by atoms with Gasteiger partial charge in [-0.15, -0.1) is 0 Å². The van der Waals surface area contributed by atoms with Gasteiger partial charge >= 0.3 is 0 Å². The summed E-state index contributed by atoms with van der Waals surface area (Å²) in [6, 6.07) is 1.94. The van der Waals surface area contributed by atoms with Gasteiger partial charge in [-0.25, -0.2) is 0 Å². The molecule has 0 aromatic carbocycles. The molecule has 0 amide bonds. The maximum atomic E-state index is 12.2. The topological polar surface area (TPSA) is 67.2 Å². The second kappa shape index (κ2) is 3.76. The second-order valence-corrected chi connectivity index (χ2v) is 6.03. The molecule has 0 saturated carbocycles. The van der Waals surface area contributed by atoms with E-state index in [1.165, 1.54) is 0 Å². The van der Waals surface area contributed by atoms with Crippen LogP contribution < -0.4 is 0 Å². The van der Waals surface area contributed by atoms with Gasteiger partial charge in [0, 0.05) is 11.8 Å². The Labute approximate surface area is 107 Å². The van der Waals surface area contributed by atoms with Crippen molar-refractivity contribution in [1.82, 2.24) is 0 Å². The van der Waals surface area contributed by atoms with Crippen molar-refractivity contribution in [1.29, 1.82) is 5.26 Å². The van der Waals surface area contributed by atoms with Crippen LogP contribution in [0.3, 0.4) is 0 Å². The highest BCUT2D eigenvalue weighted by Gasteiger charge is 2.56. The molecule has 1 fully saturated rings. The molecule has 18 heavy (non-hydrogen) atoms. The molecule has 0 unspecified atom stereocenters. The SMILES string of the molecule is C[C@H]1O[C@H]2C(C)(C)C(=O)C(C#N)=C[C@]2(C)CC1=O. The third kappa shape index (κ3) is 1.62. The van der Waals surface area contributed by atoms with Crippen molar-refractivity contribution in [3.8, 4) is 6.07 Å². The molecule has 4 nitrogen and oxygen atoms in total. The van der Waals surface area contributed by atoms with Crippen LogP contribution in [0.1, 0.15) is 34.1 Å². The van der Waals surface area contributed by atoms with E-state index in [1.807, 2.05) is 13.0 Å². The fourth-order valence-corrected chi connectivity index (χ4v) is 3.11. The lowest BCUT2D eigenvalue weighted by Gasteiger charge is -2.50. The lowest BCUT2D eigenvalue weighted by molar-refractivity contribution is -0.176. The number of hydrogen-bond acceptors (Lipinski definition) is 4. The minimum atomic E-state index is -0.774. The van der Waals surface area contributed by atoms with Gasteiger partial charge in [0.05, 0.1) is 17.1 Å². The summed E-state index contributed by atoms with van der Waals surface area (Å²) in [5.41, 5.74) is -1.19. The number of carbonyl (C=O) groups excluding carboxylic acids is 2. The summed E-state index contributed by atoms with van der Waals surface area (Å²) in [6.07, 6.45) is 1.10. The molecule has 0 aromatic heterocycles. The van der Waals surface area contributed by atoms with Crippen LogP contribution in [-0.2, 0) is 14.3 Å². The van der Waals surface area contributed by atoms with Crippen molar-refractivity contribution < 1.29 is 14.3 Å². The minimum Gasteiger partial charge on any atom is -0.366 e. The highest BCUT2D eigenvalue weighted by molar-refractivity contribution is 6.04. The van der Waals surface area contributed by atoms with E-state index in [9.17, 15) is 9.59 Å². The smallest absolute Gasteiger partial charge is 0.181 e. The molecular formula is C14H17NO3. The maximum absolute atomic E-state index is 12.2. The highest BCUT2D eigenvalue weighted by atomic mass is 16.5. The number of carbonyl (C=O) groups is 2. The Morgan fingerprint density at radius 3 is 2.56 bits per heavy atom. The van der Waals surface area contributed by atoms with Gasteiger partial charge in [0.25, 0.3) is 0 Å². The number of rotatable bonds is 0. The number of ether oxygens (including phenoxy) is 1. The molecule has 0 radical (unpaired) electrons. The van der Waals surface area contributed by atoms with E-state index in [0.717, 1.165) is 0 Å². The zero-order valence-electron chi connectivity index (χ0n) is 11.1. The van der Waals surface area contributed by atoms with Gasteiger partial charge in [-0.3, -0.25) is 9.59 Å². The van der Waals surface area contributed by atoms with Gasteiger partial charge in [-0.1, -0.05) is 13.0 Å². The van der Waals surface area contributed by atoms with Gasteiger partial charge in [0.2, 0.25) is 0 Å². The summed E-state index contributed by atoms with van der Waals surface area (Å²) in [4.78, 5) is 24.0. The first kappa shape index (κ1) is 13.0. The zero-order chi connectivity index (χ0) is 13.7. The molecule has 0 N–H and O–H groups in total. The molecule has 0 spiro atoms. The Balaban J connectivity index is 2.56. The van der Waals surface area contributed by atoms with Crippen LogP contribution in [-0.4, -0.2) is 23.8 Å². The van der Waals surface area contributed by atoms with E-state index < -0.39 is 16.9 Å². The number of Topliss-reactive ketones (excluding diaryl/α,β-unsaturated/α-hetero) is 2. The molecule has 2 rings (SSSR count). The predicted octanol–water partition coefficient (Wildman–Crippen LogP) is 1.80. The Morgan fingerprint density at radius 1 is 1.39 bits per heavy atom. The van der Waals surface area contributed by atoms with Crippen molar-refractivity contribution in [2.75, 3.05) is 0 Å². The molecule has 0 bridgehead atoms. The lowest BCUT2D eigenvalue weighted by atomic mass is 9.60. The number of allylic oxidation sites excluding steroid dienone is 1. The first-order valence-electron chi connectivity index (χ1n) is 6.08. The normalized spacial score (nSPS) is 38.7. The second-order valence-electron chi connectivity index (χ2n) is 6.03. The summed E-state index contributed by atoms with van der Waals surface area (Å²) >= 11 is 0. The van der Waals surface area contributed by atoms with Crippen molar-refractivity contribution >= 4 is 11.6 Å². The summed E-state index contributed by atoms with van der Waals surface area (Å²) in [5.74, 6) is -0.179. The van der Waals surface area contributed by atoms with E-state index in [0.29, 0.717) is 6.42 Å². The van der Waals surface area contributed by atoms with Gasteiger partial charge in [0.15, 0.2) is 11.6 Å². The van der Waals surface area contributed by atoms with Crippen molar-refractivity contribution in [3.63, 3.8) is 0 Å². The van der Waals surface area contributed by atoms with Gasteiger partial charge < -0.3 is 4.74 Å². The molecule has 1 saturated heterocycles. The minimum absolute atomic E-state index is 0.0208. The predicted molar refractivity (Wildman–Crippen MR) is 64.6 cm³/mol. The average molecular weight is 247 g/mol. The van der Waals surface area contributed by atoms with E-state index in [4.69, 9.17) is 10.00 Å². The fraction of sp³-hybridized carbons (Fsp3) is 0.643. The third-order valence-electron chi connectivity index (χ3n) is 4.03. The molecule has 4 heteroatoms. The monoisotopic (exact) mass is 247 g/mol. The first-order chi connectivity index (χ1) is 8.22. The largest absolute Gasteiger partial charge is 0.366 e. The molecule has 1 heterocycles. The van der Waals surface area contributed by atoms with Gasteiger partial charge in [-0.2, -0.15) is 5.26 Å². The molecule has 0 aromatic rings. The highest BCUT2D eigenvalue weighted by Crippen LogP contribution is 2.49. The number of hydrogen-bond donors (Lipinski definition) is 0. The number of nitrogens with zero attached hydrogens (tertiary/aromatic N) is 1. The lowest BCUT2D eigenvalue weighted by Crippen LogP contribution is -2.57. The van der Waals surface area contributed by atoms with Crippen molar-refractivity contribution in [3.05, 3.63) is 11.6 Å². The van der Waals surface area contributed by atoms with Gasteiger partial charge in [0.1, 0.15) is 12.2 Å². The Kier molecular flexibility index (Phi) is 2.71. The Hall–Kier alpha value is -1.47. The number of fused-ring (bicyclic) bond motifs is 1. The van der Waals surface area contributed by atoms with Crippen LogP contribution in [0, 0.1) is 22.2 Å². The summed E-state index contributed by atoms with van der Waals surface area (Å²) in [7, 11) is 0. The average Bonchev–Trinajstić information content (AvgIpc) is 2.28. The standard InChI is InChI=1S/C14H17NO3/c1-8-10(16)6-14(4)5-9(7-15)11(17)13(2,3)12(14)18-8/h5,8,12H,6H2,1-4H3/t8-,12+,14-/m1/s1. The van der Waals surface area contributed by atoms with E-state index in [2.05, 4.69) is 0 Å². The van der Waals surface area contributed by atoms with E-state index in [1.54, 1.807) is 26.8 Å². The van der Waals surface area contributed by atoms with E-state index >= 15 is 0 Å².